The summed E-state index contributed by atoms with van der Waals surface area (Å²) in [5.74, 6) is 0.0886. The van der Waals surface area contributed by atoms with E-state index >= 15 is 0 Å². The molecule has 5 nitrogen and oxygen atoms in total. The number of fused-ring (bicyclic) bond motifs is 1. The lowest BCUT2D eigenvalue weighted by Gasteiger charge is -2.30. The van der Waals surface area contributed by atoms with E-state index in [1.165, 1.54) is 10.5 Å². The minimum absolute atomic E-state index is 0.116. The summed E-state index contributed by atoms with van der Waals surface area (Å²) in [6, 6.07) is 10.1. The van der Waals surface area contributed by atoms with E-state index in [1.807, 2.05) is 39.0 Å². The molecule has 0 bridgehead atoms. The van der Waals surface area contributed by atoms with Crippen molar-refractivity contribution in [3.05, 3.63) is 35.9 Å². The fourth-order valence-corrected chi connectivity index (χ4v) is 3.74. The normalized spacial score (nSPS) is 25.7. The van der Waals surface area contributed by atoms with Gasteiger partial charge >= 0.3 is 6.09 Å². The third kappa shape index (κ3) is 3.18. The average Bonchev–Trinajstić information content (AvgIpc) is 3.06. The maximum atomic E-state index is 12.8. The predicted octanol–water partition coefficient (Wildman–Crippen LogP) is 3.22. The molecule has 0 aliphatic carbocycles. The average molecular weight is 330 g/mol. The molecule has 0 N–H and O–H groups in total. The van der Waals surface area contributed by atoms with Crippen molar-refractivity contribution in [2.45, 2.75) is 51.8 Å². The Morgan fingerprint density at radius 2 is 1.92 bits per heavy atom. The van der Waals surface area contributed by atoms with Crippen molar-refractivity contribution in [2.24, 2.45) is 5.92 Å². The number of carbonyl (C=O) groups is 2. The van der Waals surface area contributed by atoms with Gasteiger partial charge in [0.25, 0.3) is 0 Å². The molecule has 2 amide bonds. The van der Waals surface area contributed by atoms with Crippen molar-refractivity contribution in [3.8, 4) is 0 Å². The van der Waals surface area contributed by atoms with Crippen LogP contribution in [0.2, 0.25) is 0 Å². The standard InChI is InChI=1S/C19H26N2O3/c1-13(14-8-6-5-7-9-14)20-11-10-15-12-21(17(22)16(15)20)18(23)24-19(2,3)4/h5-9,13,15-16H,10-12H2,1-4H3/t13-,15+,16+/m1/s1. The van der Waals surface area contributed by atoms with Gasteiger partial charge in [-0.3, -0.25) is 9.69 Å². The van der Waals surface area contributed by atoms with Crippen molar-refractivity contribution >= 4 is 12.0 Å². The summed E-state index contributed by atoms with van der Waals surface area (Å²) in [6.45, 7) is 8.93. The van der Waals surface area contributed by atoms with Gasteiger partial charge < -0.3 is 4.74 Å². The highest BCUT2D eigenvalue weighted by atomic mass is 16.6. The maximum absolute atomic E-state index is 12.8. The summed E-state index contributed by atoms with van der Waals surface area (Å²) in [5, 5.41) is 0. The molecule has 2 fully saturated rings. The number of hydrogen-bond acceptors (Lipinski definition) is 4. The van der Waals surface area contributed by atoms with Crippen LogP contribution in [-0.4, -0.2) is 46.5 Å². The van der Waals surface area contributed by atoms with Crippen LogP contribution >= 0.6 is 0 Å². The monoisotopic (exact) mass is 330 g/mol. The first kappa shape index (κ1) is 17.0. The van der Waals surface area contributed by atoms with Crippen LogP contribution in [0.1, 0.15) is 45.7 Å². The Bertz CT molecular complexity index is 623. The first-order valence-corrected chi connectivity index (χ1v) is 8.63. The lowest BCUT2D eigenvalue weighted by atomic mass is 10.0. The predicted molar refractivity (Wildman–Crippen MR) is 91.4 cm³/mol. The zero-order valence-corrected chi connectivity index (χ0v) is 14.9. The van der Waals surface area contributed by atoms with E-state index in [1.54, 1.807) is 0 Å². The number of likely N-dealkylation sites (tertiary alicyclic amines) is 2. The quantitative estimate of drug-likeness (QED) is 0.835. The Morgan fingerprint density at radius 3 is 2.54 bits per heavy atom. The molecule has 0 spiro atoms. The number of nitrogens with zero attached hydrogens (tertiary/aromatic N) is 2. The van der Waals surface area contributed by atoms with E-state index in [2.05, 4.69) is 24.0 Å². The first-order valence-electron chi connectivity index (χ1n) is 8.63. The van der Waals surface area contributed by atoms with Crippen LogP contribution in [0.5, 0.6) is 0 Å². The molecular weight excluding hydrogens is 304 g/mol. The molecule has 2 saturated heterocycles. The molecule has 0 aromatic heterocycles. The van der Waals surface area contributed by atoms with E-state index in [4.69, 9.17) is 4.74 Å². The summed E-state index contributed by atoms with van der Waals surface area (Å²) in [4.78, 5) is 28.7. The summed E-state index contributed by atoms with van der Waals surface area (Å²) < 4.78 is 5.39. The topological polar surface area (TPSA) is 49.9 Å². The smallest absolute Gasteiger partial charge is 0.417 e. The Hall–Kier alpha value is -1.88. The van der Waals surface area contributed by atoms with E-state index in [-0.39, 0.29) is 23.9 Å². The zero-order valence-electron chi connectivity index (χ0n) is 14.9. The number of hydrogen-bond donors (Lipinski definition) is 0. The Kier molecular flexibility index (Phi) is 4.38. The Labute approximate surface area is 143 Å². The van der Waals surface area contributed by atoms with Gasteiger partial charge in [0, 0.05) is 18.5 Å². The van der Waals surface area contributed by atoms with E-state index < -0.39 is 11.7 Å². The molecule has 130 valence electrons. The number of rotatable bonds is 2. The molecule has 0 radical (unpaired) electrons. The number of benzene rings is 1. The molecular formula is C19H26N2O3. The van der Waals surface area contributed by atoms with Crippen LogP contribution in [-0.2, 0) is 9.53 Å². The lowest BCUT2D eigenvalue weighted by molar-refractivity contribution is -0.131. The van der Waals surface area contributed by atoms with E-state index in [0.29, 0.717) is 6.54 Å². The number of imide groups is 1. The van der Waals surface area contributed by atoms with Crippen molar-refractivity contribution < 1.29 is 14.3 Å². The molecule has 0 unspecified atom stereocenters. The molecule has 3 rings (SSSR count). The number of ether oxygens (including phenoxy) is 1. The molecule has 1 aromatic carbocycles. The Balaban J connectivity index is 1.75. The van der Waals surface area contributed by atoms with Gasteiger partial charge in [-0.15, -0.1) is 0 Å². The van der Waals surface area contributed by atoms with Crippen molar-refractivity contribution in [1.82, 2.24) is 9.80 Å². The van der Waals surface area contributed by atoms with E-state index in [0.717, 1.165) is 13.0 Å². The molecule has 2 heterocycles. The van der Waals surface area contributed by atoms with Crippen molar-refractivity contribution in [1.29, 1.82) is 0 Å². The molecule has 3 atom stereocenters. The summed E-state index contributed by atoms with van der Waals surface area (Å²) in [5.41, 5.74) is 0.605. The molecule has 24 heavy (non-hydrogen) atoms. The third-order valence-electron chi connectivity index (χ3n) is 4.89. The highest BCUT2D eigenvalue weighted by Gasteiger charge is 2.51. The summed E-state index contributed by atoms with van der Waals surface area (Å²) in [7, 11) is 0. The van der Waals surface area contributed by atoms with Gasteiger partial charge in [0.1, 0.15) is 5.60 Å². The van der Waals surface area contributed by atoms with Gasteiger partial charge in [0.15, 0.2) is 0 Å². The van der Waals surface area contributed by atoms with Gasteiger partial charge in [-0.25, -0.2) is 9.69 Å². The highest BCUT2D eigenvalue weighted by Crippen LogP contribution is 2.38. The summed E-state index contributed by atoms with van der Waals surface area (Å²) in [6.07, 6.45) is 0.418. The maximum Gasteiger partial charge on any atom is 0.417 e. The first-order chi connectivity index (χ1) is 11.3. The number of carbonyl (C=O) groups excluding carboxylic acids is 2. The second-order valence-electron chi connectivity index (χ2n) is 7.75. The highest BCUT2D eigenvalue weighted by molar-refractivity contribution is 5.97. The van der Waals surface area contributed by atoms with E-state index in [9.17, 15) is 9.59 Å². The minimum atomic E-state index is -0.591. The molecule has 2 aliphatic heterocycles. The van der Waals surface area contributed by atoms with Crippen LogP contribution in [0.4, 0.5) is 4.79 Å². The van der Waals surface area contributed by atoms with Gasteiger partial charge in [0.2, 0.25) is 5.91 Å². The Morgan fingerprint density at radius 1 is 1.25 bits per heavy atom. The SMILES string of the molecule is C[C@H](c1ccccc1)N1CC[C@H]2CN(C(=O)OC(C)(C)C)C(=O)[C@H]21. The van der Waals surface area contributed by atoms with Gasteiger partial charge in [0.05, 0.1) is 6.04 Å². The van der Waals surface area contributed by atoms with Crippen molar-refractivity contribution in [2.75, 3.05) is 13.1 Å². The van der Waals surface area contributed by atoms with Gasteiger partial charge in [-0.2, -0.15) is 0 Å². The molecule has 0 saturated carbocycles. The van der Waals surface area contributed by atoms with Crippen molar-refractivity contribution in [3.63, 3.8) is 0 Å². The third-order valence-corrected chi connectivity index (χ3v) is 4.89. The second-order valence-corrected chi connectivity index (χ2v) is 7.75. The van der Waals surface area contributed by atoms with Gasteiger partial charge in [-0.1, -0.05) is 30.3 Å². The van der Waals surface area contributed by atoms with Gasteiger partial charge in [-0.05, 0) is 46.2 Å². The second kappa shape index (κ2) is 6.20. The molecule has 2 aliphatic rings. The van der Waals surface area contributed by atoms with Crippen LogP contribution in [0.25, 0.3) is 0 Å². The minimum Gasteiger partial charge on any atom is -0.443 e. The molecule has 5 heteroatoms. The largest absolute Gasteiger partial charge is 0.443 e. The van der Waals surface area contributed by atoms with Crippen LogP contribution in [0.15, 0.2) is 30.3 Å². The molecule has 1 aromatic rings. The lowest BCUT2D eigenvalue weighted by Crippen LogP contribution is -2.44. The van der Waals surface area contributed by atoms with Crippen LogP contribution in [0.3, 0.4) is 0 Å². The fourth-order valence-electron chi connectivity index (χ4n) is 3.74. The number of amides is 2. The van der Waals surface area contributed by atoms with Crippen LogP contribution in [0, 0.1) is 5.92 Å². The van der Waals surface area contributed by atoms with Crippen LogP contribution < -0.4 is 0 Å². The fraction of sp³-hybridized carbons (Fsp3) is 0.579. The summed E-state index contributed by atoms with van der Waals surface area (Å²) >= 11 is 0. The zero-order chi connectivity index (χ0) is 17.5.